The first kappa shape index (κ1) is 10.5. The second-order valence-corrected chi connectivity index (χ2v) is 4.74. The van der Waals surface area contributed by atoms with Gasteiger partial charge in [-0.1, -0.05) is 6.07 Å². The van der Waals surface area contributed by atoms with E-state index >= 15 is 0 Å². The Bertz CT molecular complexity index is 401. The number of sulfone groups is 1. The van der Waals surface area contributed by atoms with Crippen molar-refractivity contribution in [2.75, 3.05) is 0 Å². The van der Waals surface area contributed by atoms with Gasteiger partial charge in [0.1, 0.15) is 0 Å². The fourth-order valence-corrected chi connectivity index (χ4v) is 1.84. The van der Waals surface area contributed by atoms with Crippen LogP contribution >= 0.6 is 12.6 Å². The van der Waals surface area contributed by atoms with Gasteiger partial charge in [-0.3, -0.25) is 0 Å². The molecule has 0 aliphatic carbocycles. The minimum atomic E-state index is -4.48. The largest absolute Gasteiger partial charge is 0.341 e. The van der Waals surface area contributed by atoms with Crippen molar-refractivity contribution in [2.45, 2.75) is 15.5 Å². The van der Waals surface area contributed by atoms with Crippen LogP contribution in [0.2, 0.25) is 0 Å². The third kappa shape index (κ3) is 2.19. The summed E-state index contributed by atoms with van der Waals surface area (Å²) in [5.74, 6) is -3.39. The molecule has 0 saturated heterocycles. The Kier molecular flexibility index (Phi) is 2.92. The highest BCUT2D eigenvalue weighted by molar-refractivity contribution is 7.91. The van der Waals surface area contributed by atoms with Crippen molar-refractivity contribution < 1.29 is 17.2 Å². The van der Waals surface area contributed by atoms with E-state index in [4.69, 9.17) is 0 Å². The monoisotopic (exact) mass is 224 g/mol. The first-order chi connectivity index (χ1) is 5.94. The van der Waals surface area contributed by atoms with Gasteiger partial charge in [-0.05, 0) is 18.2 Å². The Hall–Kier alpha value is -0.620. The molecule has 0 aromatic heterocycles. The summed E-state index contributed by atoms with van der Waals surface area (Å²) in [5, 5.41) is 0. The van der Waals surface area contributed by atoms with E-state index in [1.165, 1.54) is 12.1 Å². The predicted molar refractivity (Wildman–Crippen MR) is 46.9 cm³/mol. The van der Waals surface area contributed by atoms with E-state index in [9.17, 15) is 17.2 Å². The quantitative estimate of drug-likeness (QED) is 0.779. The molecular weight excluding hydrogens is 218 g/mol. The summed E-state index contributed by atoms with van der Waals surface area (Å²) < 4.78 is 45.8. The summed E-state index contributed by atoms with van der Waals surface area (Å²) in [7, 11) is -4.48. The molecule has 2 nitrogen and oxygen atoms in total. The molecule has 0 heterocycles. The summed E-state index contributed by atoms with van der Waals surface area (Å²) >= 11 is 3.85. The first-order valence-corrected chi connectivity index (χ1v) is 5.25. The van der Waals surface area contributed by atoms with E-state index in [-0.39, 0.29) is 0 Å². The average molecular weight is 224 g/mol. The van der Waals surface area contributed by atoms with E-state index < -0.39 is 20.5 Å². The van der Waals surface area contributed by atoms with Gasteiger partial charge in [0, 0.05) is 4.90 Å². The molecule has 72 valence electrons. The van der Waals surface area contributed by atoms with Crippen LogP contribution < -0.4 is 0 Å². The highest BCUT2D eigenvalue weighted by Gasteiger charge is 2.26. The number of halogens is 2. The van der Waals surface area contributed by atoms with Gasteiger partial charge in [0.25, 0.3) is 0 Å². The maximum absolute atomic E-state index is 12.0. The molecule has 0 fully saturated rings. The van der Waals surface area contributed by atoms with Gasteiger partial charge in [0.15, 0.2) is 0 Å². The topological polar surface area (TPSA) is 34.1 Å². The SMILES string of the molecule is O=S(=O)(c1cccc(S)c1)C(F)F. The van der Waals surface area contributed by atoms with Gasteiger partial charge >= 0.3 is 5.76 Å². The molecule has 0 aliphatic rings. The van der Waals surface area contributed by atoms with Crippen LogP contribution in [0.3, 0.4) is 0 Å². The van der Waals surface area contributed by atoms with Gasteiger partial charge in [-0.2, -0.15) is 8.78 Å². The Morgan fingerprint density at radius 1 is 1.31 bits per heavy atom. The van der Waals surface area contributed by atoms with Crippen LogP contribution in [0.1, 0.15) is 0 Å². The lowest BCUT2D eigenvalue weighted by atomic mass is 10.4. The van der Waals surface area contributed by atoms with Crippen molar-refractivity contribution >= 4 is 22.5 Å². The Balaban J connectivity index is 3.24. The Labute approximate surface area is 79.9 Å². The summed E-state index contributed by atoms with van der Waals surface area (Å²) in [6, 6.07) is 5.07. The molecule has 0 amide bonds. The second kappa shape index (κ2) is 3.63. The first-order valence-electron chi connectivity index (χ1n) is 3.25. The highest BCUT2D eigenvalue weighted by Crippen LogP contribution is 2.20. The summed E-state index contributed by atoms with van der Waals surface area (Å²) in [6.45, 7) is 0. The summed E-state index contributed by atoms with van der Waals surface area (Å²) in [6.07, 6.45) is 0. The number of hydrogen-bond acceptors (Lipinski definition) is 3. The van der Waals surface area contributed by atoms with E-state index in [1.54, 1.807) is 0 Å². The zero-order chi connectivity index (χ0) is 10.1. The van der Waals surface area contributed by atoms with Crippen LogP contribution in [0.4, 0.5) is 8.78 Å². The third-order valence-corrected chi connectivity index (χ3v) is 3.04. The maximum atomic E-state index is 12.0. The number of benzene rings is 1. The number of alkyl halides is 2. The molecule has 0 unspecified atom stereocenters. The van der Waals surface area contributed by atoms with Crippen LogP contribution in [0.15, 0.2) is 34.1 Å². The normalized spacial score (nSPS) is 12.0. The van der Waals surface area contributed by atoms with Crippen molar-refractivity contribution in [3.63, 3.8) is 0 Å². The fraction of sp³-hybridized carbons (Fsp3) is 0.143. The smallest absolute Gasteiger partial charge is 0.218 e. The van der Waals surface area contributed by atoms with Gasteiger partial charge < -0.3 is 0 Å². The van der Waals surface area contributed by atoms with Crippen molar-refractivity contribution in [3.8, 4) is 0 Å². The van der Waals surface area contributed by atoms with E-state index in [0.29, 0.717) is 4.90 Å². The molecule has 1 aromatic carbocycles. The third-order valence-electron chi connectivity index (χ3n) is 1.38. The Morgan fingerprint density at radius 2 is 1.92 bits per heavy atom. The molecule has 1 aromatic rings. The molecule has 0 N–H and O–H groups in total. The second-order valence-electron chi connectivity index (χ2n) is 2.30. The maximum Gasteiger partial charge on any atom is 0.341 e. The average Bonchev–Trinajstić information content (AvgIpc) is 2.04. The molecule has 1 rings (SSSR count). The van der Waals surface area contributed by atoms with Crippen LogP contribution in [0.5, 0.6) is 0 Å². The number of thiol groups is 1. The highest BCUT2D eigenvalue weighted by atomic mass is 32.2. The van der Waals surface area contributed by atoms with Gasteiger partial charge in [0.05, 0.1) is 4.90 Å². The molecule has 0 aliphatic heterocycles. The number of hydrogen-bond donors (Lipinski definition) is 1. The van der Waals surface area contributed by atoms with Crippen LogP contribution in [-0.2, 0) is 9.84 Å². The minimum absolute atomic E-state index is 0.335. The minimum Gasteiger partial charge on any atom is -0.218 e. The zero-order valence-electron chi connectivity index (χ0n) is 6.31. The molecule has 0 radical (unpaired) electrons. The standard InChI is InChI=1S/C7H6F2O2S2/c8-7(9)13(10,11)6-3-1-2-5(12)4-6/h1-4,7,12H. The van der Waals surface area contributed by atoms with Crippen molar-refractivity contribution in [1.29, 1.82) is 0 Å². The molecule has 0 spiro atoms. The predicted octanol–water partition coefficient (Wildman–Crippen LogP) is 1.97. The number of rotatable bonds is 2. The lowest BCUT2D eigenvalue weighted by molar-refractivity contribution is 0.234. The molecule has 6 heteroatoms. The molecule has 0 bridgehead atoms. The van der Waals surface area contributed by atoms with E-state index in [1.807, 2.05) is 0 Å². The van der Waals surface area contributed by atoms with Crippen molar-refractivity contribution in [2.24, 2.45) is 0 Å². The van der Waals surface area contributed by atoms with Gasteiger partial charge in [-0.25, -0.2) is 8.42 Å². The van der Waals surface area contributed by atoms with E-state index in [2.05, 4.69) is 12.6 Å². The van der Waals surface area contributed by atoms with Crippen molar-refractivity contribution in [1.82, 2.24) is 0 Å². The lowest BCUT2D eigenvalue weighted by Gasteiger charge is -2.02. The van der Waals surface area contributed by atoms with Gasteiger partial charge in [-0.15, -0.1) is 12.6 Å². The fourth-order valence-electron chi connectivity index (χ4n) is 0.763. The molecule has 0 atom stereocenters. The van der Waals surface area contributed by atoms with Crippen LogP contribution in [0.25, 0.3) is 0 Å². The van der Waals surface area contributed by atoms with Crippen LogP contribution in [0, 0.1) is 0 Å². The summed E-state index contributed by atoms with van der Waals surface area (Å²) in [4.78, 5) is -0.0725. The molecular formula is C7H6F2O2S2. The molecule has 0 saturated carbocycles. The van der Waals surface area contributed by atoms with Crippen molar-refractivity contribution in [3.05, 3.63) is 24.3 Å². The molecule has 13 heavy (non-hydrogen) atoms. The Morgan fingerprint density at radius 3 is 2.38 bits per heavy atom. The van der Waals surface area contributed by atoms with Crippen LogP contribution in [-0.4, -0.2) is 14.2 Å². The lowest BCUT2D eigenvalue weighted by Crippen LogP contribution is -2.11. The van der Waals surface area contributed by atoms with Gasteiger partial charge in [0.2, 0.25) is 9.84 Å². The summed E-state index contributed by atoms with van der Waals surface area (Å²) in [5.41, 5.74) is 0. The zero-order valence-corrected chi connectivity index (χ0v) is 8.03. The van der Waals surface area contributed by atoms with E-state index in [0.717, 1.165) is 12.1 Å².